The highest BCUT2D eigenvalue weighted by Gasteiger charge is 2.49. The Hall–Kier alpha value is -5.87. The molecule has 4 heteroatoms. The van der Waals surface area contributed by atoms with Crippen molar-refractivity contribution < 1.29 is 18.1 Å². The van der Waals surface area contributed by atoms with Crippen LogP contribution in [0.3, 0.4) is 0 Å². The zero-order valence-corrected chi connectivity index (χ0v) is 27.1. The number of fused-ring (bicyclic) bond motifs is 6. The van der Waals surface area contributed by atoms with Gasteiger partial charge in [-0.3, -0.25) is 0 Å². The van der Waals surface area contributed by atoms with Gasteiger partial charge in [-0.25, -0.2) is 0 Å². The molecule has 48 heavy (non-hydrogen) atoms. The van der Waals surface area contributed by atoms with Gasteiger partial charge in [0.25, 0.3) is 12.1 Å². The van der Waals surface area contributed by atoms with Crippen LogP contribution in [0.1, 0.15) is 28.8 Å². The fourth-order valence-corrected chi connectivity index (χ4v) is 7.86. The van der Waals surface area contributed by atoms with Crippen molar-refractivity contribution in [3.63, 3.8) is 0 Å². The third kappa shape index (κ3) is 4.56. The van der Waals surface area contributed by atoms with Crippen molar-refractivity contribution in [2.45, 2.75) is 32.5 Å². The van der Waals surface area contributed by atoms with E-state index < -0.39 is 0 Å². The Labute approximate surface area is 280 Å². The summed E-state index contributed by atoms with van der Waals surface area (Å²) in [6.45, 7) is 5.16. The summed E-state index contributed by atoms with van der Waals surface area (Å²) in [5.41, 5.74) is 13.1. The van der Waals surface area contributed by atoms with E-state index in [1.807, 2.05) is 6.07 Å². The maximum absolute atomic E-state index is 6.26. The number of pyridine rings is 3. The van der Waals surface area contributed by atoms with E-state index in [1.54, 1.807) is 0 Å². The largest absolute Gasteiger partial charge is 0.456 e. The van der Waals surface area contributed by atoms with Crippen LogP contribution in [0.2, 0.25) is 0 Å². The van der Waals surface area contributed by atoms with Crippen molar-refractivity contribution >= 4 is 21.9 Å². The number of hydrogen-bond acceptors (Lipinski definition) is 1. The van der Waals surface area contributed by atoms with E-state index in [1.165, 1.54) is 50.5 Å². The van der Waals surface area contributed by atoms with Crippen LogP contribution in [0.25, 0.3) is 55.7 Å². The van der Waals surface area contributed by atoms with Crippen molar-refractivity contribution in [1.29, 1.82) is 0 Å². The van der Waals surface area contributed by atoms with Crippen LogP contribution in [0.4, 0.5) is 0 Å². The van der Waals surface area contributed by atoms with Crippen LogP contribution in [0.15, 0.2) is 163 Å². The maximum Gasteiger partial charge on any atom is 0.282 e. The molecule has 0 saturated carbocycles. The Morgan fingerprint density at radius 1 is 0.542 bits per heavy atom. The molecule has 1 aliphatic rings. The summed E-state index contributed by atoms with van der Waals surface area (Å²) in [7, 11) is 0. The standard InChI is InChI=1S/C44H36N3O/c1-30-15-3-4-16-32(30)39-21-10-13-25-46(39)41(44-35-19-6-5-17-33(35)40-22-11-14-26-47(40)44)29-45-24-12-9-20-38(45)36-28-37-34-18-7-8-23-42(34)48-43(37)27-31(36)2/h3-28,41,44H,29H2,1-2H3/q+3. The number of rotatable bonds is 6. The lowest BCUT2D eigenvalue weighted by Crippen LogP contribution is -2.58. The zero-order valence-electron chi connectivity index (χ0n) is 27.1. The van der Waals surface area contributed by atoms with E-state index in [0.29, 0.717) is 0 Å². The fraction of sp³-hybridized carbons (Fsp3) is 0.114. The van der Waals surface area contributed by atoms with Crippen LogP contribution in [0, 0.1) is 13.8 Å². The summed E-state index contributed by atoms with van der Waals surface area (Å²) in [5, 5.41) is 2.29. The monoisotopic (exact) mass is 622 g/mol. The Bertz CT molecular complexity index is 2450. The molecule has 0 radical (unpaired) electrons. The first kappa shape index (κ1) is 28.4. The molecule has 1 aliphatic heterocycles. The van der Waals surface area contributed by atoms with Gasteiger partial charge in [-0.15, -0.1) is 0 Å². The highest BCUT2D eigenvalue weighted by Crippen LogP contribution is 2.39. The van der Waals surface area contributed by atoms with Crippen molar-refractivity contribution in [2.75, 3.05) is 0 Å². The van der Waals surface area contributed by atoms with Crippen molar-refractivity contribution in [2.24, 2.45) is 0 Å². The van der Waals surface area contributed by atoms with Gasteiger partial charge in [0.1, 0.15) is 11.2 Å². The second-order valence-electron chi connectivity index (χ2n) is 12.9. The number of hydrogen-bond donors (Lipinski definition) is 0. The predicted molar refractivity (Wildman–Crippen MR) is 190 cm³/mol. The van der Waals surface area contributed by atoms with E-state index >= 15 is 0 Å². The minimum absolute atomic E-state index is 0.0422. The van der Waals surface area contributed by atoms with Crippen LogP contribution in [-0.4, -0.2) is 0 Å². The van der Waals surface area contributed by atoms with E-state index in [0.717, 1.165) is 28.5 Å². The Morgan fingerprint density at radius 3 is 2.10 bits per heavy atom. The summed E-state index contributed by atoms with van der Waals surface area (Å²) in [5.74, 6) is 0. The molecule has 0 bridgehead atoms. The molecule has 0 saturated heterocycles. The number of furan rings is 1. The Balaban J connectivity index is 1.26. The summed E-state index contributed by atoms with van der Waals surface area (Å²) in [4.78, 5) is 0. The van der Waals surface area contributed by atoms with Crippen molar-refractivity contribution in [3.05, 3.63) is 175 Å². The van der Waals surface area contributed by atoms with Gasteiger partial charge in [-0.2, -0.15) is 13.7 Å². The van der Waals surface area contributed by atoms with E-state index in [4.69, 9.17) is 4.42 Å². The third-order valence-electron chi connectivity index (χ3n) is 10.1. The second-order valence-corrected chi connectivity index (χ2v) is 12.9. The lowest BCUT2D eigenvalue weighted by Gasteiger charge is -2.18. The highest BCUT2D eigenvalue weighted by molar-refractivity contribution is 6.06. The van der Waals surface area contributed by atoms with Crippen LogP contribution >= 0.6 is 0 Å². The smallest absolute Gasteiger partial charge is 0.282 e. The molecule has 0 spiro atoms. The van der Waals surface area contributed by atoms with Gasteiger partial charge in [0.2, 0.25) is 23.6 Å². The minimum atomic E-state index is 0.0422. The average molecular weight is 623 g/mol. The molecule has 4 nitrogen and oxygen atoms in total. The predicted octanol–water partition coefficient (Wildman–Crippen LogP) is 8.91. The average Bonchev–Trinajstić information content (AvgIpc) is 3.66. The van der Waals surface area contributed by atoms with Gasteiger partial charge >= 0.3 is 0 Å². The molecular formula is C44H36N3O+3. The number of aromatic nitrogens is 3. The number of nitrogens with zero attached hydrogens (tertiary/aromatic N) is 3. The Kier molecular flexibility index (Phi) is 6.75. The molecule has 2 unspecified atom stereocenters. The molecule has 0 amide bonds. The van der Waals surface area contributed by atoms with Gasteiger partial charge in [-0.05, 0) is 73.5 Å². The van der Waals surface area contributed by atoms with Crippen molar-refractivity contribution in [1.82, 2.24) is 0 Å². The maximum atomic E-state index is 6.26. The highest BCUT2D eigenvalue weighted by atomic mass is 16.3. The second kappa shape index (κ2) is 11.4. The van der Waals surface area contributed by atoms with Crippen LogP contribution in [0.5, 0.6) is 0 Å². The third-order valence-corrected chi connectivity index (χ3v) is 10.1. The zero-order chi connectivity index (χ0) is 32.2. The summed E-state index contributed by atoms with van der Waals surface area (Å²) in [6, 6.07) is 50.3. The lowest BCUT2D eigenvalue weighted by atomic mass is 9.95. The molecule has 0 aliphatic carbocycles. The number of para-hydroxylation sites is 1. The van der Waals surface area contributed by atoms with E-state index in [9.17, 15) is 0 Å². The molecule has 4 aromatic heterocycles. The number of benzene rings is 4. The van der Waals surface area contributed by atoms with Gasteiger partial charge in [0.05, 0.1) is 5.56 Å². The minimum Gasteiger partial charge on any atom is -0.456 e. The van der Waals surface area contributed by atoms with Crippen LogP contribution < -0.4 is 13.7 Å². The first-order valence-corrected chi connectivity index (χ1v) is 16.7. The van der Waals surface area contributed by atoms with Gasteiger partial charge in [0.15, 0.2) is 18.6 Å². The molecule has 230 valence electrons. The summed E-state index contributed by atoms with van der Waals surface area (Å²) in [6.07, 6.45) is 6.77. The Morgan fingerprint density at radius 2 is 1.23 bits per heavy atom. The molecule has 8 aromatic rings. The fourth-order valence-electron chi connectivity index (χ4n) is 7.86. The molecule has 4 aromatic carbocycles. The SMILES string of the molecule is Cc1cc2oc3ccccc3c2cc1-c1cccc[n+]1CC(C1c2ccccc2-c2cccc[n+]21)[n+]1ccccc1-c1ccccc1C. The van der Waals surface area contributed by atoms with Crippen LogP contribution in [-0.2, 0) is 6.54 Å². The van der Waals surface area contributed by atoms with Crippen molar-refractivity contribution in [3.8, 4) is 33.8 Å². The summed E-state index contributed by atoms with van der Waals surface area (Å²) < 4.78 is 13.7. The van der Waals surface area contributed by atoms with Gasteiger partial charge < -0.3 is 4.42 Å². The van der Waals surface area contributed by atoms with Gasteiger partial charge in [-0.1, -0.05) is 54.6 Å². The normalized spacial score (nSPS) is 14.2. The van der Waals surface area contributed by atoms with Gasteiger partial charge in [0, 0.05) is 63.9 Å². The quantitative estimate of drug-likeness (QED) is 0.170. The molecule has 5 heterocycles. The van der Waals surface area contributed by atoms with E-state index in [-0.39, 0.29) is 12.1 Å². The number of aryl methyl sites for hydroxylation is 2. The molecule has 9 rings (SSSR count). The molecule has 2 atom stereocenters. The first-order chi connectivity index (χ1) is 23.7. The summed E-state index contributed by atoms with van der Waals surface area (Å²) >= 11 is 0. The molecule has 0 fully saturated rings. The molecule has 0 N–H and O–H groups in total. The molecular weight excluding hydrogens is 587 g/mol. The van der Waals surface area contributed by atoms with E-state index in [2.05, 4.69) is 180 Å². The topological polar surface area (TPSA) is 24.8 Å². The lowest BCUT2D eigenvalue weighted by molar-refractivity contribution is -0.838. The first-order valence-electron chi connectivity index (χ1n) is 16.7.